The fraction of sp³-hybridized carbons (Fsp3) is 0.857. The fourth-order valence-electron chi connectivity index (χ4n) is 2.53. The van der Waals surface area contributed by atoms with Crippen LogP contribution in [-0.4, -0.2) is 10.1 Å². The fourth-order valence-corrected chi connectivity index (χ4v) is 2.53. The molecular formula is C14H25N3O. The Kier molecular flexibility index (Phi) is 3.76. The van der Waals surface area contributed by atoms with Crippen LogP contribution in [-0.2, 0) is 5.41 Å². The van der Waals surface area contributed by atoms with Gasteiger partial charge in [0, 0.05) is 5.41 Å². The predicted molar refractivity (Wildman–Crippen MR) is 71.0 cm³/mol. The molecule has 2 N–H and O–H groups in total. The summed E-state index contributed by atoms with van der Waals surface area (Å²) >= 11 is 0. The first kappa shape index (κ1) is 13.5. The Bertz CT molecular complexity index is 386. The van der Waals surface area contributed by atoms with E-state index >= 15 is 0 Å². The van der Waals surface area contributed by atoms with Gasteiger partial charge in [-0.25, -0.2) is 0 Å². The van der Waals surface area contributed by atoms with Crippen LogP contribution in [0.5, 0.6) is 0 Å². The van der Waals surface area contributed by atoms with Crippen LogP contribution in [0.15, 0.2) is 4.52 Å². The smallest absolute Gasteiger partial charge is 0.232 e. The van der Waals surface area contributed by atoms with Crippen molar-refractivity contribution in [3.8, 4) is 0 Å². The number of hydrogen-bond donors (Lipinski definition) is 1. The van der Waals surface area contributed by atoms with E-state index in [9.17, 15) is 0 Å². The molecule has 1 saturated carbocycles. The summed E-state index contributed by atoms with van der Waals surface area (Å²) in [5.74, 6) is 2.70. The van der Waals surface area contributed by atoms with E-state index in [4.69, 9.17) is 10.3 Å². The SMILES string of the molecule is CC1CCC(C(N)c2noc(C(C)(C)C)n2)CC1. The molecule has 0 aliphatic heterocycles. The molecule has 1 aromatic rings. The summed E-state index contributed by atoms with van der Waals surface area (Å²) in [5, 5.41) is 4.07. The Hall–Kier alpha value is -0.900. The van der Waals surface area contributed by atoms with Gasteiger partial charge in [-0.1, -0.05) is 45.7 Å². The lowest BCUT2D eigenvalue weighted by Crippen LogP contribution is -2.26. The van der Waals surface area contributed by atoms with Gasteiger partial charge in [0.2, 0.25) is 5.89 Å². The molecule has 1 heterocycles. The molecule has 0 radical (unpaired) electrons. The summed E-state index contributed by atoms with van der Waals surface area (Å²) < 4.78 is 5.32. The lowest BCUT2D eigenvalue weighted by Gasteiger charge is -2.28. The highest BCUT2D eigenvalue weighted by molar-refractivity contribution is 5.02. The molecule has 4 nitrogen and oxygen atoms in total. The largest absolute Gasteiger partial charge is 0.339 e. The molecule has 1 aliphatic carbocycles. The zero-order valence-corrected chi connectivity index (χ0v) is 11.9. The van der Waals surface area contributed by atoms with Gasteiger partial charge in [0.05, 0.1) is 6.04 Å². The van der Waals surface area contributed by atoms with Gasteiger partial charge < -0.3 is 10.3 Å². The molecule has 0 aromatic carbocycles. The highest BCUT2D eigenvalue weighted by atomic mass is 16.5. The van der Waals surface area contributed by atoms with Gasteiger partial charge in [0.15, 0.2) is 5.82 Å². The van der Waals surface area contributed by atoms with E-state index in [1.165, 1.54) is 25.7 Å². The molecular weight excluding hydrogens is 226 g/mol. The average Bonchev–Trinajstić information content (AvgIpc) is 2.78. The topological polar surface area (TPSA) is 64.9 Å². The van der Waals surface area contributed by atoms with E-state index in [-0.39, 0.29) is 11.5 Å². The van der Waals surface area contributed by atoms with Crippen molar-refractivity contribution in [3.63, 3.8) is 0 Å². The van der Waals surface area contributed by atoms with E-state index in [1.54, 1.807) is 0 Å². The standard InChI is InChI=1S/C14H25N3O/c1-9-5-7-10(8-6-9)11(15)12-16-13(18-17-12)14(2,3)4/h9-11H,5-8,15H2,1-4H3. The van der Waals surface area contributed by atoms with Crippen LogP contribution in [0.2, 0.25) is 0 Å². The number of hydrogen-bond acceptors (Lipinski definition) is 4. The van der Waals surface area contributed by atoms with E-state index in [2.05, 4.69) is 37.8 Å². The number of nitrogens with zero attached hydrogens (tertiary/aromatic N) is 2. The first-order chi connectivity index (χ1) is 8.38. The Labute approximate surface area is 109 Å². The van der Waals surface area contributed by atoms with Crippen LogP contribution < -0.4 is 5.73 Å². The van der Waals surface area contributed by atoms with Crippen molar-refractivity contribution in [1.82, 2.24) is 10.1 Å². The maximum Gasteiger partial charge on any atom is 0.232 e. The molecule has 102 valence electrons. The highest BCUT2D eigenvalue weighted by Crippen LogP contribution is 2.35. The van der Waals surface area contributed by atoms with Gasteiger partial charge in [-0.2, -0.15) is 4.98 Å². The Balaban J connectivity index is 2.05. The molecule has 18 heavy (non-hydrogen) atoms. The highest BCUT2D eigenvalue weighted by Gasteiger charge is 2.29. The Morgan fingerprint density at radius 2 is 1.83 bits per heavy atom. The van der Waals surface area contributed by atoms with Gasteiger partial charge in [0.25, 0.3) is 0 Å². The van der Waals surface area contributed by atoms with Crippen molar-refractivity contribution in [2.75, 3.05) is 0 Å². The molecule has 2 rings (SSSR count). The Morgan fingerprint density at radius 1 is 1.22 bits per heavy atom. The summed E-state index contributed by atoms with van der Waals surface area (Å²) in [6, 6.07) is -0.0719. The van der Waals surface area contributed by atoms with Crippen molar-refractivity contribution < 1.29 is 4.52 Å². The number of nitrogens with two attached hydrogens (primary N) is 1. The van der Waals surface area contributed by atoms with Crippen molar-refractivity contribution in [2.45, 2.75) is 64.8 Å². The number of rotatable bonds is 2. The summed E-state index contributed by atoms with van der Waals surface area (Å²) in [4.78, 5) is 4.47. The first-order valence-electron chi connectivity index (χ1n) is 6.97. The second kappa shape index (κ2) is 5.00. The van der Waals surface area contributed by atoms with Gasteiger partial charge >= 0.3 is 0 Å². The van der Waals surface area contributed by atoms with Gasteiger partial charge in [-0.15, -0.1) is 0 Å². The molecule has 1 fully saturated rings. The average molecular weight is 251 g/mol. The maximum absolute atomic E-state index is 6.29. The lowest BCUT2D eigenvalue weighted by molar-refractivity contribution is 0.247. The summed E-state index contributed by atoms with van der Waals surface area (Å²) in [7, 11) is 0. The third-order valence-corrected chi connectivity index (χ3v) is 3.95. The second-order valence-corrected chi connectivity index (χ2v) is 6.75. The van der Waals surface area contributed by atoms with E-state index < -0.39 is 0 Å². The molecule has 4 heteroatoms. The van der Waals surface area contributed by atoms with Crippen molar-refractivity contribution >= 4 is 0 Å². The molecule has 0 bridgehead atoms. The third kappa shape index (κ3) is 2.91. The first-order valence-corrected chi connectivity index (χ1v) is 6.97. The molecule has 1 aliphatic rings. The van der Waals surface area contributed by atoms with Crippen molar-refractivity contribution in [3.05, 3.63) is 11.7 Å². The minimum absolute atomic E-state index is 0.0719. The minimum atomic E-state index is -0.105. The zero-order valence-electron chi connectivity index (χ0n) is 11.9. The van der Waals surface area contributed by atoms with Crippen LogP contribution in [0.3, 0.4) is 0 Å². The molecule has 0 spiro atoms. The van der Waals surface area contributed by atoms with Crippen molar-refractivity contribution in [2.24, 2.45) is 17.6 Å². The molecule has 1 atom stereocenters. The molecule has 1 aromatic heterocycles. The summed E-state index contributed by atoms with van der Waals surface area (Å²) in [5.41, 5.74) is 6.18. The van der Waals surface area contributed by atoms with Gasteiger partial charge in [0.1, 0.15) is 0 Å². The summed E-state index contributed by atoms with van der Waals surface area (Å²) in [6.07, 6.45) is 4.90. The monoisotopic (exact) mass is 251 g/mol. The quantitative estimate of drug-likeness (QED) is 0.876. The van der Waals surface area contributed by atoms with Crippen molar-refractivity contribution in [1.29, 1.82) is 0 Å². The second-order valence-electron chi connectivity index (χ2n) is 6.75. The van der Waals surface area contributed by atoms with Crippen LogP contribution >= 0.6 is 0 Å². The van der Waals surface area contributed by atoms with E-state index in [1.807, 2.05) is 0 Å². The maximum atomic E-state index is 6.29. The van der Waals surface area contributed by atoms with Crippen LogP contribution in [0.4, 0.5) is 0 Å². The molecule has 1 unspecified atom stereocenters. The van der Waals surface area contributed by atoms with Crippen LogP contribution in [0, 0.1) is 11.8 Å². The zero-order chi connectivity index (χ0) is 13.3. The van der Waals surface area contributed by atoms with E-state index in [0.717, 1.165) is 5.92 Å². The Morgan fingerprint density at radius 3 is 2.33 bits per heavy atom. The summed E-state index contributed by atoms with van der Waals surface area (Å²) in [6.45, 7) is 8.52. The van der Waals surface area contributed by atoms with Crippen LogP contribution in [0.25, 0.3) is 0 Å². The van der Waals surface area contributed by atoms with E-state index in [0.29, 0.717) is 17.6 Å². The third-order valence-electron chi connectivity index (χ3n) is 3.95. The minimum Gasteiger partial charge on any atom is -0.339 e. The predicted octanol–water partition coefficient (Wildman–Crippen LogP) is 3.19. The molecule has 0 amide bonds. The van der Waals surface area contributed by atoms with Gasteiger partial charge in [-0.3, -0.25) is 0 Å². The lowest BCUT2D eigenvalue weighted by atomic mass is 9.79. The normalized spacial score (nSPS) is 27.2. The van der Waals surface area contributed by atoms with Crippen LogP contribution in [0.1, 0.15) is 71.1 Å². The molecule has 0 saturated heterocycles. The van der Waals surface area contributed by atoms with Gasteiger partial charge in [-0.05, 0) is 24.7 Å². The number of aromatic nitrogens is 2.